The van der Waals surface area contributed by atoms with Gasteiger partial charge in [-0.2, -0.15) is 0 Å². The van der Waals surface area contributed by atoms with Crippen LogP contribution in [0.5, 0.6) is 0 Å². The summed E-state index contributed by atoms with van der Waals surface area (Å²) in [4.78, 5) is 0. The van der Waals surface area contributed by atoms with Crippen molar-refractivity contribution in [2.24, 2.45) is 0 Å². The van der Waals surface area contributed by atoms with Crippen LogP contribution in [0.2, 0.25) is 5.02 Å². The van der Waals surface area contributed by atoms with Crippen LogP contribution in [0.4, 0.5) is 8.78 Å². The SMILES string of the molecule is CCCNC(Cc1ccc(F)c(F)c1)c1ccc(Cl)cc1. The highest BCUT2D eigenvalue weighted by molar-refractivity contribution is 6.30. The van der Waals surface area contributed by atoms with E-state index in [0.717, 1.165) is 24.1 Å². The number of hydrogen-bond acceptors (Lipinski definition) is 1. The third-order valence-corrected chi connectivity index (χ3v) is 3.59. The Bertz CT molecular complexity index is 584. The predicted octanol–water partition coefficient (Wildman–Crippen LogP) is 4.90. The summed E-state index contributed by atoms with van der Waals surface area (Å²) in [5.74, 6) is -1.62. The quantitative estimate of drug-likeness (QED) is 0.800. The molecular weight excluding hydrogens is 292 g/mol. The van der Waals surface area contributed by atoms with Gasteiger partial charge in [0.05, 0.1) is 0 Å². The van der Waals surface area contributed by atoms with Gasteiger partial charge in [-0.1, -0.05) is 36.7 Å². The molecule has 0 radical (unpaired) electrons. The van der Waals surface area contributed by atoms with Crippen molar-refractivity contribution in [2.45, 2.75) is 25.8 Å². The van der Waals surface area contributed by atoms with E-state index >= 15 is 0 Å². The molecule has 2 aromatic carbocycles. The minimum Gasteiger partial charge on any atom is -0.310 e. The number of benzene rings is 2. The third kappa shape index (κ3) is 4.51. The Morgan fingerprint density at radius 1 is 1.05 bits per heavy atom. The normalized spacial score (nSPS) is 12.4. The van der Waals surface area contributed by atoms with E-state index in [9.17, 15) is 8.78 Å². The molecule has 0 amide bonds. The zero-order valence-corrected chi connectivity index (χ0v) is 12.6. The Labute approximate surface area is 128 Å². The van der Waals surface area contributed by atoms with Crippen LogP contribution >= 0.6 is 11.6 Å². The zero-order chi connectivity index (χ0) is 15.2. The second-order valence-corrected chi connectivity index (χ2v) is 5.45. The molecule has 1 unspecified atom stereocenters. The van der Waals surface area contributed by atoms with Gasteiger partial charge in [0.15, 0.2) is 11.6 Å². The molecule has 1 atom stereocenters. The van der Waals surface area contributed by atoms with E-state index in [-0.39, 0.29) is 6.04 Å². The smallest absolute Gasteiger partial charge is 0.159 e. The maximum atomic E-state index is 13.3. The van der Waals surface area contributed by atoms with Crippen molar-refractivity contribution in [1.82, 2.24) is 5.32 Å². The summed E-state index contributed by atoms with van der Waals surface area (Å²) in [6.07, 6.45) is 1.60. The van der Waals surface area contributed by atoms with Crippen LogP contribution in [-0.4, -0.2) is 6.54 Å². The lowest BCUT2D eigenvalue weighted by atomic mass is 9.98. The van der Waals surface area contributed by atoms with Crippen molar-refractivity contribution in [1.29, 1.82) is 0 Å². The van der Waals surface area contributed by atoms with E-state index in [1.165, 1.54) is 12.1 Å². The van der Waals surface area contributed by atoms with Crippen molar-refractivity contribution in [3.8, 4) is 0 Å². The van der Waals surface area contributed by atoms with E-state index in [4.69, 9.17) is 11.6 Å². The molecule has 0 bridgehead atoms. The molecular formula is C17H18ClF2N. The second kappa shape index (κ2) is 7.53. The lowest BCUT2D eigenvalue weighted by molar-refractivity contribution is 0.500. The first-order chi connectivity index (χ1) is 10.1. The highest BCUT2D eigenvalue weighted by Crippen LogP contribution is 2.21. The van der Waals surface area contributed by atoms with E-state index in [0.29, 0.717) is 11.4 Å². The maximum absolute atomic E-state index is 13.3. The van der Waals surface area contributed by atoms with Gasteiger partial charge in [-0.05, 0) is 54.8 Å². The zero-order valence-electron chi connectivity index (χ0n) is 11.9. The molecule has 2 aromatic rings. The number of hydrogen-bond donors (Lipinski definition) is 1. The molecule has 1 nitrogen and oxygen atoms in total. The highest BCUT2D eigenvalue weighted by atomic mass is 35.5. The highest BCUT2D eigenvalue weighted by Gasteiger charge is 2.13. The second-order valence-electron chi connectivity index (χ2n) is 5.01. The molecule has 2 rings (SSSR count). The van der Waals surface area contributed by atoms with E-state index in [1.807, 2.05) is 24.3 Å². The van der Waals surface area contributed by atoms with Gasteiger partial charge in [-0.15, -0.1) is 0 Å². The summed E-state index contributed by atoms with van der Waals surface area (Å²) in [7, 11) is 0. The maximum Gasteiger partial charge on any atom is 0.159 e. The molecule has 0 aliphatic rings. The summed E-state index contributed by atoms with van der Waals surface area (Å²) in [5, 5.41) is 4.11. The molecule has 0 heterocycles. The van der Waals surface area contributed by atoms with Crippen LogP contribution < -0.4 is 5.32 Å². The molecule has 0 fully saturated rings. The monoisotopic (exact) mass is 309 g/mol. The van der Waals surface area contributed by atoms with Gasteiger partial charge in [0.25, 0.3) is 0 Å². The number of nitrogens with one attached hydrogen (secondary N) is 1. The van der Waals surface area contributed by atoms with Gasteiger partial charge in [-0.3, -0.25) is 0 Å². The van der Waals surface area contributed by atoms with Gasteiger partial charge in [0.1, 0.15) is 0 Å². The lowest BCUT2D eigenvalue weighted by Gasteiger charge is -2.19. The summed E-state index contributed by atoms with van der Waals surface area (Å²) in [6, 6.07) is 11.7. The third-order valence-electron chi connectivity index (χ3n) is 3.34. The molecule has 21 heavy (non-hydrogen) atoms. The molecule has 1 N–H and O–H groups in total. The van der Waals surface area contributed by atoms with Crippen molar-refractivity contribution >= 4 is 11.6 Å². The molecule has 0 aromatic heterocycles. The fourth-order valence-electron chi connectivity index (χ4n) is 2.22. The summed E-state index contributed by atoms with van der Waals surface area (Å²) in [6.45, 7) is 2.94. The molecule has 0 spiro atoms. The Morgan fingerprint density at radius 2 is 1.76 bits per heavy atom. The van der Waals surface area contributed by atoms with Gasteiger partial charge in [0, 0.05) is 11.1 Å². The van der Waals surface area contributed by atoms with Crippen LogP contribution in [0, 0.1) is 11.6 Å². The van der Waals surface area contributed by atoms with E-state index in [2.05, 4.69) is 12.2 Å². The Hall–Kier alpha value is -1.45. The molecule has 0 saturated heterocycles. The largest absolute Gasteiger partial charge is 0.310 e. The summed E-state index contributed by atoms with van der Waals surface area (Å²) < 4.78 is 26.3. The first-order valence-corrected chi connectivity index (χ1v) is 7.40. The number of rotatable bonds is 6. The van der Waals surface area contributed by atoms with Crippen molar-refractivity contribution in [3.63, 3.8) is 0 Å². The van der Waals surface area contributed by atoms with Crippen molar-refractivity contribution in [2.75, 3.05) is 6.54 Å². The topological polar surface area (TPSA) is 12.0 Å². The van der Waals surface area contributed by atoms with Crippen molar-refractivity contribution < 1.29 is 8.78 Å². The average Bonchev–Trinajstić information content (AvgIpc) is 2.48. The lowest BCUT2D eigenvalue weighted by Crippen LogP contribution is -2.24. The summed E-state index contributed by atoms with van der Waals surface area (Å²) in [5.41, 5.74) is 1.84. The van der Waals surface area contributed by atoms with Crippen LogP contribution in [0.1, 0.15) is 30.5 Å². The van der Waals surface area contributed by atoms with Gasteiger partial charge in [-0.25, -0.2) is 8.78 Å². The summed E-state index contributed by atoms with van der Waals surface area (Å²) >= 11 is 5.91. The average molecular weight is 310 g/mol. The van der Waals surface area contributed by atoms with Crippen molar-refractivity contribution in [3.05, 3.63) is 70.2 Å². The first kappa shape index (κ1) is 15.9. The van der Waals surface area contributed by atoms with E-state index < -0.39 is 11.6 Å². The van der Waals surface area contributed by atoms with Crippen LogP contribution in [-0.2, 0) is 6.42 Å². The van der Waals surface area contributed by atoms with Crippen LogP contribution in [0.3, 0.4) is 0 Å². The molecule has 0 aliphatic carbocycles. The molecule has 0 aliphatic heterocycles. The molecule has 112 valence electrons. The van der Waals surface area contributed by atoms with Crippen LogP contribution in [0.25, 0.3) is 0 Å². The molecule has 0 saturated carbocycles. The predicted molar refractivity (Wildman–Crippen MR) is 82.5 cm³/mol. The first-order valence-electron chi connectivity index (χ1n) is 7.03. The standard InChI is InChI=1S/C17H18ClF2N/c1-2-9-21-17(13-4-6-14(18)7-5-13)11-12-3-8-15(19)16(20)10-12/h3-8,10,17,21H,2,9,11H2,1H3. The fraction of sp³-hybridized carbons (Fsp3) is 0.294. The minimum atomic E-state index is -0.816. The Balaban J connectivity index is 2.19. The fourth-order valence-corrected chi connectivity index (χ4v) is 2.35. The van der Waals surface area contributed by atoms with E-state index in [1.54, 1.807) is 6.07 Å². The van der Waals surface area contributed by atoms with Crippen LogP contribution in [0.15, 0.2) is 42.5 Å². The number of halogens is 3. The van der Waals surface area contributed by atoms with Gasteiger partial charge in [0.2, 0.25) is 0 Å². The van der Waals surface area contributed by atoms with Gasteiger partial charge >= 0.3 is 0 Å². The minimum absolute atomic E-state index is 0.0482. The van der Waals surface area contributed by atoms with Gasteiger partial charge < -0.3 is 5.32 Å². The Morgan fingerprint density at radius 3 is 2.38 bits per heavy atom. The Kier molecular flexibility index (Phi) is 5.71. The molecule has 4 heteroatoms.